The molecular formula is C16H19N5. The highest BCUT2D eigenvalue weighted by Crippen LogP contribution is 2.40. The first-order chi connectivity index (χ1) is 9.94. The van der Waals surface area contributed by atoms with Crippen molar-refractivity contribution >= 4 is 11.6 Å². The molecule has 0 saturated heterocycles. The second kappa shape index (κ2) is 4.64. The van der Waals surface area contributed by atoms with Gasteiger partial charge >= 0.3 is 0 Å². The summed E-state index contributed by atoms with van der Waals surface area (Å²) in [5, 5.41) is 10.5. The minimum absolute atomic E-state index is 0.0148. The summed E-state index contributed by atoms with van der Waals surface area (Å²) in [4.78, 5) is 2.87. The van der Waals surface area contributed by atoms with Gasteiger partial charge in [-0.25, -0.2) is 0 Å². The van der Waals surface area contributed by atoms with Gasteiger partial charge in [-0.1, -0.05) is 38.0 Å². The minimum Gasteiger partial charge on any atom is -0.264 e. The smallest absolute Gasteiger partial charge is 0.0691 e. The van der Waals surface area contributed by atoms with Gasteiger partial charge in [-0.2, -0.15) is 5.10 Å². The third-order valence-electron chi connectivity index (χ3n) is 4.21. The third-order valence-corrected chi connectivity index (χ3v) is 4.21. The molecule has 0 aromatic carbocycles. The molecule has 0 bridgehead atoms. The molecule has 1 aromatic heterocycles. The Hall–Kier alpha value is -2.26. The maximum Gasteiger partial charge on any atom is 0.0691 e. The summed E-state index contributed by atoms with van der Waals surface area (Å²) >= 11 is 0. The van der Waals surface area contributed by atoms with Gasteiger partial charge in [0.25, 0.3) is 0 Å². The van der Waals surface area contributed by atoms with Crippen molar-refractivity contribution in [3.05, 3.63) is 50.5 Å². The van der Waals surface area contributed by atoms with E-state index in [0.717, 1.165) is 5.35 Å². The second-order valence-corrected chi connectivity index (χ2v) is 6.35. The number of hydrogen-bond donors (Lipinski definition) is 0. The van der Waals surface area contributed by atoms with Crippen molar-refractivity contribution < 1.29 is 0 Å². The monoisotopic (exact) mass is 281 g/mol. The van der Waals surface area contributed by atoms with Crippen LogP contribution in [0.1, 0.15) is 27.7 Å². The molecule has 5 nitrogen and oxygen atoms in total. The molecular weight excluding hydrogens is 262 g/mol. The largest absolute Gasteiger partial charge is 0.264 e. The number of azide groups is 1. The quantitative estimate of drug-likeness (QED) is 0.476. The van der Waals surface area contributed by atoms with Crippen molar-refractivity contribution in [3.63, 3.8) is 0 Å². The van der Waals surface area contributed by atoms with Gasteiger partial charge in [-0.05, 0) is 35.3 Å². The van der Waals surface area contributed by atoms with Crippen LogP contribution in [0.25, 0.3) is 22.1 Å². The first kappa shape index (κ1) is 13.7. The lowest BCUT2D eigenvalue weighted by atomic mass is 9.75. The molecule has 1 aromatic rings. The predicted octanol–water partition coefficient (Wildman–Crippen LogP) is 2.44. The highest BCUT2D eigenvalue weighted by Gasteiger charge is 2.30. The fraction of sp³-hybridized carbons (Fsp3) is 0.438. The van der Waals surface area contributed by atoms with E-state index in [1.54, 1.807) is 0 Å². The van der Waals surface area contributed by atoms with E-state index in [4.69, 9.17) is 5.53 Å². The van der Waals surface area contributed by atoms with Crippen LogP contribution in [0.3, 0.4) is 0 Å². The van der Waals surface area contributed by atoms with Crippen LogP contribution in [0.2, 0.25) is 0 Å². The van der Waals surface area contributed by atoms with Crippen molar-refractivity contribution in [3.8, 4) is 0 Å². The lowest BCUT2D eigenvalue weighted by Gasteiger charge is -2.28. The summed E-state index contributed by atoms with van der Waals surface area (Å²) in [5.74, 6) is 0. The lowest BCUT2D eigenvalue weighted by Crippen LogP contribution is -2.32. The molecule has 1 unspecified atom stereocenters. The molecule has 0 fully saturated rings. The second-order valence-electron chi connectivity index (χ2n) is 6.35. The molecule has 108 valence electrons. The van der Waals surface area contributed by atoms with E-state index in [1.165, 1.54) is 21.9 Å². The maximum absolute atomic E-state index is 8.53. The SMILES string of the molecule is CC1=C2C=c3c(cnn3CC(C)N=[N+]=[N-])=C2C(C)(C)C=C1. The maximum atomic E-state index is 8.53. The Morgan fingerprint density at radius 3 is 2.95 bits per heavy atom. The zero-order chi connectivity index (χ0) is 15.2. The zero-order valence-electron chi connectivity index (χ0n) is 12.8. The average molecular weight is 281 g/mol. The van der Waals surface area contributed by atoms with Gasteiger partial charge in [0.15, 0.2) is 0 Å². The summed E-state index contributed by atoms with van der Waals surface area (Å²) in [6, 6.07) is -0.110. The van der Waals surface area contributed by atoms with Gasteiger partial charge in [-0.3, -0.25) is 4.68 Å². The molecule has 2 aliphatic rings. The van der Waals surface area contributed by atoms with Crippen LogP contribution < -0.4 is 10.6 Å². The van der Waals surface area contributed by atoms with Crippen LogP contribution >= 0.6 is 0 Å². The van der Waals surface area contributed by atoms with Gasteiger partial charge in [0.05, 0.1) is 17.6 Å². The highest BCUT2D eigenvalue weighted by molar-refractivity contribution is 5.88. The van der Waals surface area contributed by atoms with E-state index in [2.05, 4.69) is 54.1 Å². The first-order valence-corrected chi connectivity index (χ1v) is 7.17. The molecule has 0 N–H and O–H groups in total. The summed E-state index contributed by atoms with van der Waals surface area (Å²) in [7, 11) is 0. The van der Waals surface area contributed by atoms with Gasteiger partial charge < -0.3 is 0 Å². The van der Waals surface area contributed by atoms with Crippen LogP contribution in [-0.2, 0) is 6.54 Å². The molecule has 0 aliphatic heterocycles. The zero-order valence-corrected chi connectivity index (χ0v) is 12.8. The van der Waals surface area contributed by atoms with Crippen LogP contribution in [0.15, 0.2) is 34.6 Å². The average Bonchev–Trinajstić information content (AvgIpc) is 2.96. The number of fused-ring (bicyclic) bond motifs is 2. The molecule has 5 heteroatoms. The number of aromatic nitrogens is 2. The van der Waals surface area contributed by atoms with Crippen molar-refractivity contribution in [1.29, 1.82) is 0 Å². The fourth-order valence-corrected chi connectivity index (χ4v) is 3.13. The number of nitrogens with zero attached hydrogens (tertiary/aromatic N) is 5. The van der Waals surface area contributed by atoms with E-state index in [9.17, 15) is 0 Å². The van der Waals surface area contributed by atoms with Crippen molar-refractivity contribution in [2.75, 3.05) is 0 Å². The Labute approximate surface area is 123 Å². The Bertz CT molecular complexity index is 829. The van der Waals surface area contributed by atoms with Crippen LogP contribution in [0.4, 0.5) is 0 Å². The van der Waals surface area contributed by atoms with E-state index in [1.807, 2.05) is 17.8 Å². The number of rotatable bonds is 3. The molecule has 1 heterocycles. The van der Waals surface area contributed by atoms with Crippen molar-refractivity contribution in [2.24, 2.45) is 10.5 Å². The van der Waals surface area contributed by atoms with E-state index in [0.29, 0.717) is 6.54 Å². The third kappa shape index (κ3) is 2.10. The summed E-state index contributed by atoms with van der Waals surface area (Å²) in [6.07, 6.45) is 8.60. The minimum atomic E-state index is -0.110. The Morgan fingerprint density at radius 1 is 1.48 bits per heavy atom. The molecule has 2 aliphatic carbocycles. The van der Waals surface area contributed by atoms with E-state index >= 15 is 0 Å². The molecule has 1 atom stereocenters. The van der Waals surface area contributed by atoms with E-state index < -0.39 is 0 Å². The van der Waals surface area contributed by atoms with Crippen LogP contribution in [-0.4, -0.2) is 15.8 Å². The summed E-state index contributed by atoms with van der Waals surface area (Å²) in [6.45, 7) is 9.11. The van der Waals surface area contributed by atoms with Gasteiger partial charge in [0.2, 0.25) is 0 Å². The molecule has 21 heavy (non-hydrogen) atoms. The highest BCUT2D eigenvalue weighted by atomic mass is 15.3. The van der Waals surface area contributed by atoms with Gasteiger partial charge in [-0.15, -0.1) is 0 Å². The Balaban J connectivity index is 2.17. The molecule has 0 saturated carbocycles. The number of allylic oxidation sites excluding steroid dienone is 4. The predicted molar refractivity (Wildman–Crippen MR) is 83.6 cm³/mol. The van der Waals surface area contributed by atoms with E-state index in [-0.39, 0.29) is 11.5 Å². The molecule has 0 spiro atoms. The van der Waals surface area contributed by atoms with Crippen LogP contribution in [0.5, 0.6) is 0 Å². The van der Waals surface area contributed by atoms with Crippen LogP contribution in [0, 0.1) is 5.41 Å². The topological polar surface area (TPSA) is 66.6 Å². The Kier molecular flexibility index (Phi) is 3.03. The van der Waals surface area contributed by atoms with Crippen molar-refractivity contribution in [2.45, 2.75) is 40.3 Å². The lowest BCUT2D eigenvalue weighted by molar-refractivity contribution is 0.526. The number of hydrogen-bond acceptors (Lipinski definition) is 2. The standard InChI is InChI=1S/C16H19N5/c1-10-5-6-16(3,4)15-12(10)7-14-13(15)8-18-21(14)9-11(2)19-20-17/h5-8,11H,9H2,1-4H3. The van der Waals surface area contributed by atoms with Crippen molar-refractivity contribution in [1.82, 2.24) is 9.78 Å². The summed E-state index contributed by atoms with van der Waals surface area (Å²) < 4.78 is 1.94. The summed E-state index contributed by atoms with van der Waals surface area (Å²) in [5.41, 5.74) is 12.5. The first-order valence-electron chi connectivity index (χ1n) is 7.17. The van der Waals surface area contributed by atoms with Gasteiger partial charge in [0, 0.05) is 22.1 Å². The Morgan fingerprint density at radius 2 is 2.24 bits per heavy atom. The van der Waals surface area contributed by atoms with Gasteiger partial charge in [0.1, 0.15) is 0 Å². The molecule has 0 radical (unpaired) electrons. The fourth-order valence-electron chi connectivity index (χ4n) is 3.13. The normalized spacial score (nSPS) is 19.7. The molecule has 3 rings (SSSR count). The molecule has 0 amide bonds.